The first-order valence-electron chi connectivity index (χ1n) is 4.65. The number of hydrogen-bond acceptors (Lipinski definition) is 3. The second kappa shape index (κ2) is 5.74. The van der Waals surface area contributed by atoms with E-state index >= 15 is 0 Å². The van der Waals surface area contributed by atoms with Crippen molar-refractivity contribution >= 4 is 11.8 Å². The summed E-state index contributed by atoms with van der Waals surface area (Å²) in [6, 6.07) is 6.43. The fraction of sp³-hybridized carbons (Fsp3) is 0.364. The molecular formula is C11H13FN2S. The van der Waals surface area contributed by atoms with Gasteiger partial charge in [0.2, 0.25) is 0 Å². The molecular weight excluding hydrogens is 211 g/mol. The second-order valence-corrected chi connectivity index (χ2v) is 4.44. The molecule has 0 aliphatic rings. The van der Waals surface area contributed by atoms with E-state index in [1.54, 1.807) is 17.8 Å². The van der Waals surface area contributed by atoms with Gasteiger partial charge in [-0.2, -0.15) is 17.0 Å². The molecule has 0 radical (unpaired) electrons. The lowest BCUT2D eigenvalue weighted by Crippen LogP contribution is -2.17. The number of nitriles is 1. The Labute approximate surface area is 93.3 Å². The molecule has 0 heterocycles. The van der Waals surface area contributed by atoms with Crippen LogP contribution in [0.2, 0.25) is 0 Å². The van der Waals surface area contributed by atoms with Gasteiger partial charge < -0.3 is 5.73 Å². The van der Waals surface area contributed by atoms with Crippen molar-refractivity contribution in [1.82, 2.24) is 0 Å². The van der Waals surface area contributed by atoms with Crippen LogP contribution in [-0.4, -0.2) is 11.8 Å². The van der Waals surface area contributed by atoms with E-state index in [0.717, 1.165) is 11.3 Å². The first-order chi connectivity index (χ1) is 7.13. The van der Waals surface area contributed by atoms with Gasteiger partial charge in [-0.1, -0.05) is 6.07 Å². The minimum atomic E-state index is -0.368. The molecule has 1 aromatic rings. The Morgan fingerprint density at radius 3 is 2.93 bits per heavy atom. The molecule has 4 heteroatoms. The standard InChI is InChI=1S/C11H13FN2S/c1-8(14)6-15-7-9-2-3-11(12)4-10(9)5-13/h2-4,8H,6-7,14H2,1H3. The summed E-state index contributed by atoms with van der Waals surface area (Å²) in [6.07, 6.45) is 0. The van der Waals surface area contributed by atoms with Crippen molar-refractivity contribution in [2.75, 3.05) is 5.75 Å². The van der Waals surface area contributed by atoms with Crippen LogP contribution in [0.15, 0.2) is 18.2 Å². The largest absolute Gasteiger partial charge is 0.327 e. The Morgan fingerprint density at radius 2 is 2.33 bits per heavy atom. The highest BCUT2D eigenvalue weighted by Gasteiger charge is 2.04. The number of rotatable bonds is 4. The van der Waals surface area contributed by atoms with Gasteiger partial charge in [-0.05, 0) is 24.6 Å². The molecule has 0 spiro atoms. The van der Waals surface area contributed by atoms with Crippen LogP contribution in [-0.2, 0) is 5.75 Å². The molecule has 2 nitrogen and oxygen atoms in total. The van der Waals surface area contributed by atoms with Crippen LogP contribution in [0.4, 0.5) is 4.39 Å². The Balaban J connectivity index is 2.65. The molecule has 0 aromatic heterocycles. The summed E-state index contributed by atoms with van der Waals surface area (Å²) in [5, 5.41) is 8.80. The first kappa shape index (κ1) is 12.0. The third-order valence-electron chi connectivity index (χ3n) is 1.83. The van der Waals surface area contributed by atoms with Gasteiger partial charge in [-0.25, -0.2) is 4.39 Å². The molecule has 0 saturated carbocycles. The van der Waals surface area contributed by atoms with Crippen LogP contribution in [0.3, 0.4) is 0 Å². The maximum absolute atomic E-state index is 12.8. The molecule has 1 rings (SSSR count). The zero-order valence-corrected chi connectivity index (χ0v) is 9.35. The Morgan fingerprint density at radius 1 is 1.60 bits per heavy atom. The van der Waals surface area contributed by atoms with E-state index in [0.29, 0.717) is 11.3 Å². The van der Waals surface area contributed by atoms with E-state index in [4.69, 9.17) is 11.0 Å². The molecule has 1 unspecified atom stereocenters. The van der Waals surface area contributed by atoms with Crippen molar-refractivity contribution in [1.29, 1.82) is 5.26 Å². The van der Waals surface area contributed by atoms with E-state index < -0.39 is 0 Å². The lowest BCUT2D eigenvalue weighted by atomic mass is 10.1. The highest BCUT2D eigenvalue weighted by Crippen LogP contribution is 2.17. The van der Waals surface area contributed by atoms with Gasteiger partial charge >= 0.3 is 0 Å². The quantitative estimate of drug-likeness (QED) is 0.853. The van der Waals surface area contributed by atoms with Gasteiger partial charge in [0.15, 0.2) is 0 Å². The number of halogens is 1. The Kier molecular flexibility index (Phi) is 4.60. The predicted octanol–water partition coefficient (Wildman–Crippen LogP) is 2.28. The van der Waals surface area contributed by atoms with Crippen molar-refractivity contribution in [2.45, 2.75) is 18.7 Å². The topological polar surface area (TPSA) is 49.8 Å². The predicted molar refractivity (Wildman–Crippen MR) is 60.9 cm³/mol. The number of nitrogens with zero attached hydrogens (tertiary/aromatic N) is 1. The fourth-order valence-corrected chi connectivity index (χ4v) is 2.09. The molecule has 0 aliphatic carbocycles. The summed E-state index contributed by atoms with van der Waals surface area (Å²) in [5.74, 6) is 1.17. The first-order valence-corrected chi connectivity index (χ1v) is 5.81. The van der Waals surface area contributed by atoms with Crippen molar-refractivity contribution < 1.29 is 4.39 Å². The van der Waals surface area contributed by atoms with Gasteiger partial charge in [0.1, 0.15) is 5.82 Å². The summed E-state index contributed by atoms with van der Waals surface area (Å²) < 4.78 is 12.8. The SMILES string of the molecule is CC(N)CSCc1ccc(F)cc1C#N. The molecule has 0 amide bonds. The molecule has 2 N–H and O–H groups in total. The normalized spacial score (nSPS) is 12.1. The molecule has 0 saturated heterocycles. The Hall–Kier alpha value is -1.05. The smallest absolute Gasteiger partial charge is 0.124 e. The monoisotopic (exact) mass is 224 g/mol. The number of thioether (sulfide) groups is 1. The van der Waals surface area contributed by atoms with E-state index in [9.17, 15) is 4.39 Å². The molecule has 0 bridgehead atoms. The van der Waals surface area contributed by atoms with Gasteiger partial charge in [0, 0.05) is 17.5 Å². The highest BCUT2D eigenvalue weighted by molar-refractivity contribution is 7.98. The molecule has 1 aromatic carbocycles. The maximum Gasteiger partial charge on any atom is 0.124 e. The third kappa shape index (κ3) is 3.90. The Bertz CT molecular complexity index is 371. The minimum absolute atomic E-state index is 0.140. The lowest BCUT2D eigenvalue weighted by molar-refractivity contribution is 0.627. The van der Waals surface area contributed by atoms with Crippen molar-refractivity contribution in [2.24, 2.45) is 5.73 Å². The molecule has 15 heavy (non-hydrogen) atoms. The summed E-state index contributed by atoms with van der Waals surface area (Å²) in [6.45, 7) is 1.93. The van der Waals surface area contributed by atoms with Crippen molar-refractivity contribution in [3.05, 3.63) is 35.1 Å². The minimum Gasteiger partial charge on any atom is -0.327 e. The van der Waals surface area contributed by atoms with E-state index in [1.807, 2.05) is 13.0 Å². The zero-order valence-electron chi connectivity index (χ0n) is 8.53. The summed E-state index contributed by atoms with van der Waals surface area (Å²) in [5.41, 5.74) is 6.88. The summed E-state index contributed by atoms with van der Waals surface area (Å²) in [4.78, 5) is 0. The van der Waals surface area contributed by atoms with E-state index in [-0.39, 0.29) is 11.9 Å². The van der Waals surface area contributed by atoms with Gasteiger partial charge in [0.05, 0.1) is 11.6 Å². The number of hydrogen-bond donors (Lipinski definition) is 1. The summed E-state index contributed by atoms with van der Waals surface area (Å²) >= 11 is 1.65. The molecule has 1 atom stereocenters. The van der Waals surface area contributed by atoms with Crippen LogP contribution < -0.4 is 5.73 Å². The van der Waals surface area contributed by atoms with Crippen LogP contribution >= 0.6 is 11.8 Å². The van der Waals surface area contributed by atoms with Crippen molar-refractivity contribution in [3.8, 4) is 6.07 Å². The zero-order chi connectivity index (χ0) is 11.3. The van der Waals surface area contributed by atoms with Crippen LogP contribution in [0.1, 0.15) is 18.1 Å². The molecule has 0 aliphatic heterocycles. The molecule has 80 valence electrons. The van der Waals surface area contributed by atoms with Crippen molar-refractivity contribution in [3.63, 3.8) is 0 Å². The molecule has 0 fully saturated rings. The number of nitrogens with two attached hydrogens (primary N) is 1. The van der Waals surface area contributed by atoms with Gasteiger partial charge in [0.25, 0.3) is 0 Å². The van der Waals surface area contributed by atoms with E-state index in [2.05, 4.69) is 0 Å². The average molecular weight is 224 g/mol. The fourth-order valence-electron chi connectivity index (χ4n) is 1.13. The van der Waals surface area contributed by atoms with Gasteiger partial charge in [-0.3, -0.25) is 0 Å². The van der Waals surface area contributed by atoms with Crippen LogP contribution in [0, 0.1) is 17.1 Å². The number of benzene rings is 1. The van der Waals surface area contributed by atoms with Crippen LogP contribution in [0.25, 0.3) is 0 Å². The maximum atomic E-state index is 12.8. The highest BCUT2D eigenvalue weighted by atomic mass is 32.2. The lowest BCUT2D eigenvalue weighted by Gasteiger charge is -2.06. The second-order valence-electron chi connectivity index (χ2n) is 3.41. The average Bonchev–Trinajstić information content (AvgIpc) is 2.19. The third-order valence-corrected chi connectivity index (χ3v) is 3.11. The summed E-state index contributed by atoms with van der Waals surface area (Å²) in [7, 11) is 0. The van der Waals surface area contributed by atoms with E-state index in [1.165, 1.54) is 12.1 Å². The van der Waals surface area contributed by atoms with Crippen LogP contribution in [0.5, 0.6) is 0 Å². The van der Waals surface area contributed by atoms with Gasteiger partial charge in [-0.15, -0.1) is 0 Å².